The number of β-amino-alcohol motifs (C(OH)–C–C–N with tert-alkyl or cyclic N) is 1. The van der Waals surface area contributed by atoms with Gasteiger partial charge in [0.25, 0.3) is 5.91 Å². The summed E-state index contributed by atoms with van der Waals surface area (Å²) in [5.74, 6) is 0.0481. The van der Waals surface area contributed by atoms with Gasteiger partial charge in [-0.05, 0) is 0 Å². The number of imidazole rings is 1. The van der Waals surface area contributed by atoms with E-state index in [1.54, 1.807) is 0 Å². The van der Waals surface area contributed by atoms with Gasteiger partial charge in [0, 0.05) is 49.9 Å². The second-order valence-corrected chi connectivity index (χ2v) is 6.96. The third-order valence-electron chi connectivity index (χ3n) is 4.57. The van der Waals surface area contributed by atoms with Gasteiger partial charge in [0.05, 0.1) is 12.3 Å². The highest BCUT2D eigenvalue weighted by Crippen LogP contribution is 2.24. The molecule has 130 valence electrons. The van der Waals surface area contributed by atoms with E-state index >= 15 is 0 Å². The summed E-state index contributed by atoms with van der Waals surface area (Å²) < 4.78 is 1.90. The fourth-order valence-electron chi connectivity index (χ4n) is 3.16. The second kappa shape index (κ2) is 6.95. The van der Waals surface area contributed by atoms with Gasteiger partial charge in [0.2, 0.25) is 0 Å². The normalized spacial score (nSPS) is 15.8. The lowest BCUT2D eigenvalue weighted by atomic mass is 10.2. The van der Waals surface area contributed by atoms with Crippen molar-refractivity contribution in [3.05, 3.63) is 47.6 Å². The quantitative estimate of drug-likeness (QED) is 0.775. The van der Waals surface area contributed by atoms with E-state index in [0.717, 1.165) is 29.3 Å². The maximum atomic E-state index is 12.9. The Morgan fingerprint density at radius 3 is 2.64 bits per heavy atom. The standard InChI is InChI=1S/C18H20N4O2S/c23-11-10-20-6-8-21(9-7-20)17(24)16-13-25-18-19-15(12-22(16)18)14-4-2-1-3-5-14/h1-5,12-13,23H,6-11H2. The fraction of sp³-hybridized carbons (Fsp3) is 0.333. The number of hydrogen-bond acceptors (Lipinski definition) is 5. The summed E-state index contributed by atoms with van der Waals surface area (Å²) in [4.78, 5) is 22.4. The molecule has 3 aromatic rings. The third-order valence-corrected chi connectivity index (χ3v) is 5.41. The number of hydrogen-bond donors (Lipinski definition) is 1. The predicted molar refractivity (Wildman–Crippen MR) is 97.9 cm³/mol. The van der Waals surface area contributed by atoms with Crippen molar-refractivity contribution in [3.63, 3.8) is 0 Å². The Morgan fingerprint density at radius 1 is 1.16 bits per heavy atom. The van der Waals surface area contributed by atoms with Gasteiger partial charge in [-0.2, -0.15) is 0 Å². The summed E-state index contributed by atoms with van der Waals surface area (Å²) in [7, 11) is 0. The van der Waals surface area contributed by atoms with Gasteiger partial charge in [-0.15, -0.1) is 11.3 Å². The molecule has 0 bridgehead atoms. The number of thiazole rings is 1. The number of carbonyl (C=O) groups excluding carboxylic acids is 1. The van der Waals surface area contributed by atoms with Crippen molar-refractivity contribution >= 4 is 22.2 Å². The number of amides is 1. The highest BCUT2D eigenvalue weighted by atomic mass is 32.1. The van der Waals surface area contributed by atoms with E-state index in [4.69, 9.17) is 5.11 Å². The van der Waals surface area contributed by atoms with E-state index in [2.05, 4.69) is 9.88 Å². The topological polar surface area (TPSA) is 61.1 Å². The Bertz CT molecular complexity index is 866. The van der Waals surface area contributed by atoms with Crippen LogP contribution in [0.2, 0.25) is 0 Å². The average molecular weight is 356 g/mol. The summed E-state index contributed by atoms with van der Waals surface area (Å²) in [6.45, 7) is 3.83. The molecule has 4 rings (SSSR count). The Kier molecular flexibility index (Phi) is 4.52. The van der Waals surface area contributed by atoms with E-state index in [-0.39, 0.29) is 12.5 Å². The van der Waals surface area contributed by atoms with Gasteiger partial charge < -0.3 is 10.0 Å². The Balaban J connectivity index is 1.55. The van der Waals surface area contributed by atoms with Gasteiger partial charge in [-0.1, -0.05) is 30.3 Å². The molecule has 0 aliphatic carbocycles. The minimum atomic E-state index is 0.0481. The van der Waals surface area contributed by atoms with Crippen molar-refractivity contribution in [2.24, 2.45) is 0 Å². The minimum Gasteiger partial charge on any atom is -0.395 e. The predicted octanol–water partition coefficient (Wildman–Crippen LogP) is 1.81. The number of rotatable bonds is 4. The number of aliphatic hydroxyl groups excluding tert-OH is 1. The molecular formula is C18H20N4O2S. The molecule has 0 unspecified atom stereocenters. The number of benzene rings is 1. The molecule has 1 aromatic carbocycles. The molecule has 2 aromatic heterocycles. The van der Waals surface area contributed by atoms with Crippen molar-refractivity contribution in [2.75, 3.05) is 39.3 Å². The van der Waals surface area contributed by atoms with Crippen LogP contribution in [0.3, 0.4) is 0 Å². The monoisotopic (exact) mass is 356 g/mol. The Morgan fingerprint density at radius 2 is 1.92 bits per heavy atom. The van der Waals surface area contributed by atoms with Crippen LogP contribution in [0.15, 0.2) is 41.9 Å². The lowest BCUT2D eigenvalue weighted by molar-refractivity contribution is 0.0608. The van der Waals surface area contributed by atoms with Crippen molar-refractivity contribution in [2.45, 2.75) is 0 Å². The molecule has 3 heterocycles. The summed E-state index contributed by atoms with van der Waals surface area (Å²) in [5, 5.41) is 10.9. The maximum absolute atomic E-state index is 12.9. The highest BCUT2D eigenvalue weighted by Gasteiger charge is 2.24. The van der Waals surface area contributed by atoms with E-state index < -0.39 is 0 Å². The first-order valence-electron chi connectivity index (χ1n) is 8.41. The lowest BCUT2D eigenvalue weighted by Gasteiger charge is -2.34. The van der Waals surface area contributed by atoms with Crippen molar-refractivity contribution in [3.8, 4) is 11.3 Å². The molecule has 0 atom stereocenters. The zero-order valence-electron chi connectivity index (χ0n) is 13.8. The molecule has 0 radical (unpaired) electrons. The largest absolute Gasteiger partial charge is 0.395 e. The van der Waals surface area contributed by atoms with Crippen LogP contribution in [0.25, 0.3) is 16.2 Å². The molecule has 1 fully saturated rings. The molecule has 1 saturated heterocycles. The number of piperazine rings is 1. The van der Waals surface area contributed by atoms with E-state index in [0.29, 0.717) is 25.3 Å². The zero-order chi connectivity index (χ0) is 17.2. The number of nitrogens with zero attached hydrogens (tertiary/aromatic N) is 4. The van der Waals surface area contributed by atoms with Crippen molar-refractivity contribution in [1.82, 2.24) is 19.2 Å². The van der Waals surface area contributed by atoms with Gasteiger partial charge >= 0.3 is 0 Å². The number of carbonyl (C=O) groups is 1. The van der Waals surface area contributed by atoms with Crippen LogP contribution in [0.4, 0.5) is 0 Å². The smallest absolute Gasteiger partial charge is 0.271 e. The average Bonchev–Trinajstić information content (AvgIpc) is 3.23. The number of fused-ring (bicyclic) bond motifs is 1. The van der Waals surface area contributed by atoms with E-state index in [1.165, 1.54) is 11.3 Å². The first-order valence-corrected chi connectivity index (χ1v) is 9.29. The van der Waals surface area contributed by atoms with Crippen LogP contribution in [0.5, 0.6) is 0 Å². The third kappa shape index (κ3) is 3.18. The van der Waals surface area contributed by atoms with Crippen LogP contribution < -0.4 is 0 Å². The summed E-state index contributed by atoms with van der Waals surface area (Å²) in [5.41, 5.74) is 2.61. The first kappa shape index (κ1) is 16.3. The van der Waals surface area contributed by atoms with Gasteiger partial charge in [-0.3, -0.25) is 14.1 Å². The maximum Gasteiger partial charge on any atom is 0.271 e. The Hall–Kier alpha value is -2.22. The molecule has 1 N–H and O–H groups in total. The van der Waals surface area contributed by atoms with E-state index in [1.807, 2.05) is 51.2 Å². The number of aliphatic hydroxyl groups is 1. The lowest BCUT2D eigenvalue weighted by Crippen LogP contribution is -2.49. The number of aromatic nitrogens is 2. The minimum absolute atomic E-state index is 0.0481. The van der Waals surface area contributed by atoms with Crippen molar-refractivity contribution in [1.29, 1.82) is 0 Å². The summed E-state index contributed by atoms with van der Waals surface area (Å²) in [6, 6.07) is 10.00. The van der Waals surface area contributed by atoms with Crippen LogP contribution in [0.1, 0.15) is 10.5 Å². The SMILES string of the molecule is O=C(c1csc2nc(-c3ccccc3)cn12)N1CCN(CCO)CC1. The molecule has 1 amide bonds. The molecule has 0 spiro atoms. The zero-order valence-corrected chi connectivity index (χ0v) is 14.7. The molecule has 25 heavy (non-hydrogen) atoms. The Labute approximate surface area is 149 Å². The van der Waals surface area contributed by atoms with Crippen LogP contribution in [-0.2, 0) is 0 Å². The van der Waals surface area contributed by atoms with Crippen LogP contribution in [-0.4, -0.2) is 69.5 Å². The molecule has 6 nitrogen and oxygen atoms in total. The molecule has 1 aliphatic heterocycles. The van der Waals surface area contributed by atoms with Crippen LogP contribution in [0, 0.1) is 0 Å². The van der Waals surface area contributed by atoms with Gasteiger partial charge in [-0.25, -0.2) is 4.98 Å². The van der Waals surface area contributed by atoms with Gasteiger partial charge in [0.1, 0.15) is 5.69 Å². The molecule has 0 saturated carbocycles. The van der Waals surface area contributed by atoms with Gasteiger partial charge in [0.15, 0.2) is 4.96 Å². The van der Waals surface area contributed by atoms with E-state index in [9.17, 15) is 4.79 Å². The molecule has 7 heteroatoms. The highest BCUT2D eigenvalue weighted by molar-refractivity contribution is 7.15. The molecule has 1 aliphatic rings. The van der Waals surface area contributed by atoms with Crippen LogP contribution >= 0.6 is 11.3 Å². The molecular weight excluding hydrogens is 336 g/mol. The summed E-state index contributed by atoms with van der Waals surface area (Å²) >= 11 is 1.49. The second-order valence-electron chi connectivity index (χ2n) is 6.12. The fourth-order valence-corrected chi connectivity index (χ4v) is 4.01. The van der Waals surface area contributed by atoms with Crippen molar-refractivity contribution < 1.29 is 9.90 Å². The first-order chi connectivity index (χ1) is 12.3. The summed E-state index contributed by atoms with van der Waals surface area (Å²) in [6.07, 6.45) is 1.94.